The smallest absolute Gasteiger partial charge is 0.263 e. The largest absolute Gasteiger partial charge is 0.368 e. The van der Waals surface area contributed by atoms with Gasteiger partial charge < -0.3 is 43.1 Å². The average Bonchev–Trinajstić information content (AvgIpc) is 1.73. The minimum atomic E-state index is -3.80. The van der Waals surface area contributed by atoms with Crippen molar-refractivity contribution in [1.29, 1.82) is 0 Å². The number of nitrogens with zero attached hydrogens (tertiary/aromatic N) is 12. The van der Waals surface area contributed by atoms with Crippen molar-refractivity contribution in [2.75, 3.05) is 87.8 Å². The van der Waals surface area contributed by atoms with Gasteiger partial charge in [0.25, 0.3) is 30.1 Å². The Balaban J connectivity index is 0.000000208. The molecule has 0 saturated carbocycles. The van der Waals surface area contributed by atoms with E-state index in [9.17, 15) is 58.0 Å². The number of halogens is 3. The Kier molecular flexibility index (Phi) is 22.2. The van der Waals surface area contributed by atoms with Crippen molar-refractivity contribution in [2.24, 2.45) is 0 Å². The zero-order valence-electron chi connectivity index (χ0n) is 58.2. The van der Waals surface area contributed by atoms with Gasteiger partial charge in [-0.25, -0.2) is 49.0 Å². The summed E-state index contributed by atoms with van der Waals surface area (Å²) in [5, 5.41) is 8.41. The van der Waals surface area contributed by atoms with Crippen molar-refractivity contribution in [3.8, 4) is 0 Å². The lowest BCUT2D eigenvalue weighted by atomic mass is 10.1. The van der Waals surface area contributed by atoms with E-state index in [-0.39, 0.29) is 98.9 Å². The number of anilines is 6. The maximum atomic E-state index is 14.1. The zero-order chi connectivity index (χ0) is 76.3. The third-order valence-corrected chi connectivity index (χ3v) is 25.5. The number of rotatable bonds is 18. The van der Waals surface area contributed by atoms with Gasteiger partial charge in [-0.15, -0.1) is 34.0 Å². The highest BCUT2D eigenvalue weighted by molar-refractivity contribution is 7.93. The van der Waals surface area contributed by atoms with Crippen molar-refractivity contribution < 1.29 is 65.1 Å². The number of sulfonamides is 3. The molecule has 6 aromatic carbocycles. The number of carbonyl (C=O) groups excluding carboxylic acids is 5. The summed E-state index contributed by atoms with van der Waals surface area (Å²) in [6.45, 7) is 10.2. The number of carbonyl (C=O) groups is 5. The van der Waals surface area contributed by atoms with Crippen LogP contribution < -0.4 is 28.9 Å². The fourth-order valence-corrected chi connectivity index (χ4v) is 18.7. The van der Waals surface area contributed by atoms with Crippen LogP contribution in [0.25, 0.3) is 32.7 Å². The Morgan fingerprint density at radius 3 is 1.29 bits per heavy atom. The number of benzene rings is 6. The second-order valence-corrected chi connectivity index (χ2v) is 33.7. The number of nitrogens with one attached hydrogen (secondary N) is 3. The predicted octanol–water partition coefficient (Wildman–Crippen LogP) is 13.0. The Bertz CT molecular complexity index is 5690. The van der Waals surface area contributed by atoms with Crippen LogP contribution >= 0.6 is 45.6 Å². The van der Waals surface area contributed by atoms with Crippen molar-refractivity contribution in [3.63, 3.8) is 0 Å². The lowest BCUT2D eigenvalue weighted by Gasteiger charge is -2.42. The fourth-order valence-electron chi connectivity index (χ4n) is 13.2. The van der Waals surface area contributed by atoms with Crippen LogP contribution in [0.2, 0.25) is 5.02 Å². The molecule has 35 heteroatoms. The molecule has 570 valence electrons. The van der Waals surface area contributed by atoms with E-state index in [1.54, 1.807) is 141 Å². The van der Waals surface area contributed by atoms with Gasteiger partial charge in [-0.05, 0) is 161 Å². The minimum Gasteiger partial charge on any atom is -0.368 e. The molecule has 108 heavy (non-hydrogen) atoms. The normalized spacial score (nSPS) is 16.0. The van der Waals surface area contributed by atoms with E-state index in [1.165, 1.54) is 92.6 Å². The van der Waals surface area contributed by atoms with Gasteiger partial charge in [0.15, 0.2) is 15.4 Å². The highest BCUT2D eigenvalue weighted by Gasteiger charge is 2.36. The average molecular weight is 1610 g/mol. The number of aromatic nitrogens is 6. The van der Waals surface area contributed by atoms with E-state index in [0.717, 1.165) is 16.6 Å². The second-order valence-electron chi connectivity index (χ2n) is 25.5. The molecule has 0 spiro atoms. The number of hydrogen-bond acceptors (Lipinski definition) is 18. The molecule has 15 rings (SSSR count). The van der Waals surface area contributed by atoms with Gasteiger partial charge in [0, 0.05) is 156 Å². The van der Waals surface area contributed by atoms with E-state index >= 15 is 0 Å². The first-order valence-corrected chi connectivity index (χ1v) is 41.3. The summed E-state index contributed by atoms with van der Waals surface area (Å²) >= 11 is 9.64. The summed E-state index contributed by atoms with van der Waals surface area (Å²) < 4.78 is 116. The topological polar surface area (TPSA) is 297 Å². The van der Waals surface area contributed by atoms with Crippen molar-refractivity contribution in [2.45, 2.75) is 66.5 Å². The molecule has 3 N–H and O–H groups in total. The molecule has 2 unspecified atom stereocenters. The van der Waals surface area contributed by atoms with Crippen LogP contribution in [-0.2, 0) is 54.0 Å². The summed E-state index contributed by atoms with van der Waals surface area (Å²) in [6.07, 6.45) is 9.84. The van der Waals surface area contributed by atoms with E-state index in [2.05, 4.69) is 34.0 Å². The molecule has 3 fully saturated rings. The van der Waals surface area contributed by atoms with Crippen LogP contribution in [0, 0.1) is 11.6 Å². The Hall–Kier alpha value is -10.6. The van der Waals surface area contributed by atoms with Crippen LogP contribution in [0.5, 0.6) is 0 Å². The summed E-state index contributed by atoms with van der Waals surface area (Å²) in [5.41, 5.74) is 4.20. The van der Waals surface area contributed by atoms with Gasteiger partial charge in [0.2, 0.25) is 29.5 Å². The van der Waals surface area contributed by atoms with Gasteiger partial charge in [-0.3, -0.25) is 38.1 Å². The van der Waals surface area contributed by atoms with Gasteiger partial charge >= 0.3 is 0 Å². The van der Waals surface area contributed by atoms with Gasteiger partial charge in [0.05, 0.1) is 25.7 Å². The van der Waals surface area contributed by atoms with Crippen molar-refractivity contribution in [1.82, 2.24) is 43.4 Å². The van der Waals surface area contributed by atoms with E-state index in [1.807, 2.05) is 65.3 Å². The highest BCUT2D eigenvalue weighted by Crippen LogP contribution is 2.32. The molecule has 0 radical (unpaired) electrons. The Morgan fingerprint density at radius 2 is 0.889 bits per heavy atom. The number of piperazine rings is 3. The molecular formula is C73H80ClF2N15O11S6. The van der Waals surface area contributed by atoms with E-state index in [0.29, 0.717) is 82.6 Å². The van der Waals surface area contributed by atoms with Crippen molar-refractivity contribution in [3.05, 3.63) is 216 Å². The monoisotopic (exact) mass is 1610 g/mol. The quantitative estimate of drug-likeness (QED) is 0.0719. The lowest BCUT2D eigenvalue weighted by Crippen LogP contribution is -2.55. The molecular weight excluding hydrogens is 1530 g/mol. The van der Waals surface area contributed by atoms with Crippen LogP contribution in [0.4, 0.5) is 41.2 Å². The Labute approximate surface area is 644 Å². The first kappa shape index (κ1) is 75.6. The number of thiazole rings is 3. The SMILES string of the molecule is CC(C(=O)N1CCN(c2ccc(S(=O)(=O)Nc3nccs3)cc2)C(=O)C1)n1ccc2cc(Cl)ccc21.CC1CN(c2ccc(S(=O)(=O)Nc3nccs3)cc2)CCN1C(=O)[C@@H](C)n1ccc2c(F)cccc21.C[C@H](C(=O)N1CCN(c2ccc(S(=O)(=O)Nc3nccs3)cc2)C(=O)C1)n1ccc2c(F)cccc21.[HH].[HH].[HH].[HH].[HH]. The van der Waals surface area contributed by atoms with Crippen molar-refractivity contribution >= 4 is 170 Å². The van der Waals surface area contributed by atoms with Crippen LogP contribution in [0.15, 0.2) is 214 Å². The van der Waals surface area contributed by atoms with Crippen LogP contribution in [0.1, 0.15) is 53.0 Å². The molecule has 3 aliphatic rings. The number of hydrogen-bond donors (Lipinski definition) is 3. The minimum absolute atomic E-state index is 0. The predicted molar refractivity (Wildman–Crippen MR) is 425 cm³/mol. The molecule has 0 bridgehead atoms. The third kappa shape index (κ3) is 16.3. The van der Waals surface area contributed by atoms with Crippen LogP contribution in [0.3, 0.4) is 0 Å². The molecule has 0 aliphatic carbocycles. The van der Waals surface area contributed by atoms with Gasteiger partial charge in [-0.2, -0.15) is 0 Å². The summed E-state index contributed by atoms with van der Waals surface area (Å²) in [7, 11) is -11.3. The Morgan fingerprint density at radius 1 is 0.491 bits per heavy atom. The molecule has 4 atom stereocenters. The summed E-state index contributed by atoms with van der Waals surface area (Å²) in [4.78, 5) is 87.8. The fraction of sp³-hybridized carbons (Fsp3) is 0.233. The molecule has 5 amide bonds. The number of fused-ring (bicyclic) bond motifs is 3. The van der Waals surface area contributed by atoms with E-state index in [4.69, 9.17) is 11.6 Å². The molecule has 12 aromatic rings. The number of amides is 5. The second kappa shape index (κ2) is 31.7. The highest BCUT2D eigenvalue weighted by atomic mass is 35.5. The molecule has 26 nitrogen and oxygen atoms in total. The molecule has 3 saturated heterocycles. The first-order valence-electron chi connectivity index (χ1n) is 33.8. The molecule has 6 aromatic heterocycles. The van der Waals surface area contributed by atoms with Gasteiger partial charge in [0.1, 0.15) is 42.8 Å². The summed E-state index contributed by atoms with van der Waals surface area (Å²) in [6, 6.07) is 37.5. The maximum absolute atomic E-state index is 14.1. The maximum Gasteiger partial charge on any atom is 0.263 e. The van der Waals surface area contributed by atoms with E-state index < -0.39 is 48.2 Å². The standard InChI is InChI=1S/C25H26FN5O3S2.C24H22ClN5O4S2.C24H22FN5O4S2.5H2/c1-17-16-29(19-6-8-20(9-7-19)36(33,34)28-25-27-11-15-35-25)13-14-30(17)24(32)18(2)31-12-10-21-22(26)4-3-5-23(21)31;1-16(29-10-8-17-14-18(25)2-7-21(17)29)23(32)28-11-12-30(22(31)15-28)19-3-5-20(6-4-19)36(33,34)27-24-26-9-13-35-24;1-16(29-11-9-19-20(25)3-2-4-21(19)29)23(32)28-12-13-30(22(31)15-28)17-5-7-18(8-6-17)36(33,34)27-24-26-10-14-35-24;;;;;/h3-12,15,17-18H,13-14,16H2,1-2H3,(H,27,28);2-10,13-14,16H,11-12,15H2,1H3,(H,26,27);2-11,14,16H,12-13,15H2,1H3,(H,26,27);5*1H/t17?,18-;;16-;;;;;/m1.1...../s1. The lowest BCUT2D eigenvalue weighted by molar-refractivity contribution is -0.139. The molecule has 9 heterocycles. The van der Waals surface area contributed by atoms with Crippen LogP contribution in [-0.4, -0.2) is 163 Å². The summed E-state index contributed by atoms with van der Waals surface area (Å²) in [5.74, 6) is -1.56. The third-order valence-electron chi connectivity index (χ3n) is 18.8. The van der Waals surface area contributed by atoms with Gasteiger partial charge in [-0.1, -0.05) is 23.7 Å². The first-order chi connectivity index (χ1) is 51.7. The zero-order valence-corrected chi connectivity index (χ0v) is 63.8. The molecule has 3 aliphatic heterocycles.